The molecule has 12 heteroatoms. The summed E-state index contributed by atoms with van der Waals surface area (Å²) < 4.78 is 6.22. The second-order valence-electron chi connectivity index (χ2n) is 11.1. The fourth-order valence-electron chi connectivity index (χ4n) is 5.53. The van der Waals surface area contributed by atoms with E-state index in [1.54, 1.807) is 19.2 Å². The molecule has 0 bridgehead atoms. The largest absolute Gasteiger partial charge is 0.465 e. The average Bonchev–Trinajstić information content (AvgIpc) is 3.23. The molecule has 2 aliphatic rings. The molecule has 10 nitrogen and oxygen atoms in total. The zero-order valence-corrected chi connectivity index (χ0v) is 25.7. The van der Waals surface area contributed by atoms with E-state index in [1.165, 1.54) is 4.90 Å². The van der Waals surface area contributed by atoms with Gasteiger partial charge in [0.15, 0.2) is 0 Å². The van der Waals surface area contributed by atoms with Gasteiger partial charge in [-0.05, 0) is 80.2 Å². The molecule has 2 saturated heterocycles. The van der Waals surface area contributed by atoms with Gasteiger partial charge < -0.3 is 25.0 Å². The van der Waals surface area contributed by atoms with Gasteiger partial charge in [0.1, 0.15) is 11.6 Å². The fourth-order valence-corrected chi connectivity index (χ4v) is 6.05. The van der Waals surface area contributed by atoms with E-state index >= 15 is 0 Å². The standard InChI is InChI=1S/C31H36Cl2N6O4/c1-21(40)34-18-22-5-9-37(10-6-22)20-23-13-28(24-15-25(32)17-26(33)16-24)36-30(14-23)43-27-3-4-29(35-19-27)38-7-2-8-39(12-11-38)31(41)42/h3-4,13-17,19,22H,2,5-12,18,20H2,1H3,(H,34,40)(H,41,42). The second kappa shape index (κ2) is 14.2. The third-order valence-electron chi connectivity index (χ3n) is 7.81. The molecule has 2 N–H and O–H groups in total. The van der Waals surface area contributed by atoms with Gasteiger partial charge in [-0.1, -0.05) is 23.2 Å². The monoisotopic (exact) mass is 626 g/mol. The van der Waals surface area contributed by atoms with Crippen LogP contribution in [0.25, 0.3) is 11.3 Å². The molecule has 1 aromatic carbocycles. The van der Waals surface area contributed by atoms with E-state index in [-0.39, 0.29) is 5.91 Å². The topological polar surface area (TPSA) is 111 Å². The maximum Gasteiger partial charge on any atom is 0.407 e. The number of piperidine rings is 1. The average molecular weight is 628 g/mol. The Bertz CT molecular complexity index is 1410. The maximum atomic E-state index is 11.4. The van der Waals surface area contributed by atoms with Crippen molar-refractivity contribution in [2.45, 2.75) is 32.7 Å². The Morgan fingerprint density at radius 1 is 1.00 bits per heavy atom. The van der Waals surface area contributed by atoms with Crippen LogP contribution in [0, 0.1) is 5.92 Å². The molecule has 3 aromatic rings. The van der Waals surface area contributed by atoms with E-state index in [1.807, 2.05) is 36.4 Å². The van der Waals surface area contributed by atoms with Gasteiger partial charge in [-0.2, -0.15) is 0 Å². The summed E-state index contributed by atoms with van der Waals surface area (Å²) in [6.45, 7) is 7.16. The summed E-state index contributed by atoms with van der Waals surface area (Å²) in [5.41, 5.74) is 2.55. The zero-order chi connectivity index (χ0) is 30.3. The number of rotatable bonds is 8. The number of hydrogen-bond acceptors (Lipinski definition) is 7. The lowest BCUT2D eigenvalue weighted by atomic mass is 9.96. The van der Waals surface area contributed by atoms with Crippen LogP contribution in [0.2, 0.25) is 10.0 Å². The van der Waals surface area contributed by atoms with Crippen molar-refractivity contribution in [3.63, 3.8) is 0 Å². The summed E-state index contributed by atoms with van der Waals surface area (Å²) in [5.74, 6) is 2.26. The molecule has 0 saturated carbocycles. The molecule has 228 valence electrons. The minimum absolute atomic E-state index is 0.0132. The zero-order valence-electron chi connectivity index (χ0n) is 24.1. The van der Waals surface area contributed by atoms with Crippen molar-refractivity contribution >= 4 is 41.0 Å². The quantitative estimate of drug-likeness (QED) is 0.324. The summed E-state index contributed by atoms with van der Waals surface area (Å²) in [6.07, 6.45) is 3.56. The summed E-state index contributed by atoms with van der Waals surface area (Å²) in [6, 6.07) is 13.1. The highest BCUT2D eigenvalue weighted by Gasteiger charge is 2.21. The predicted molar refractivity (Wildman–Crippen MR) is 167 cm³/mol. The number of ether oxygens (including phenoxy) is 1. The Morgan fingerprint density at radius 2 is 1.77 bits per heavy atom. The predicted octanol–water partition coefficient (Wildman–Crippen LogP) is 5.78. The third kappa shape index (κ3) is 8.72. The molecular weight excluding hydrogens is 591 g/mol. The molecule has 0 radical (unpaired) electrons. The number of likely N-dealkylation sites (tertiary alicyclic amines) is 1. The van der Waals surface area contributed by atoms with Crippen LogP contribution in [0.15, 0.2) is 48.7 Å². The molecule has 4 heterocycles. The minimum Gasteiger partial charge on any atom is -0.465 e. The molecule has 0 aliphatic carbocycles. The van der Waals surface area contributed by atoms with Crippen LogP contribution in [0.5, 0.6) is 11.6 Å². The minimum atomic E-state index is -0.890. The highest BCUT2D eigenvalue weighted by Crippen LogP contribution is 2.31. The first-order chi connectivity index (χ1) is 20.7. The van der Waals surface area contributed by atoms with Crippen molar-refractivity contribution in [3.8, 4) is 22.9 Å². The molecule has 0 spiro atoms. The van der Waals surface area contributed by atoms with Crippen LogP contribution >= 0.6 is 23.2 Å². The number of aromatic nitrogens is 2. The van der Waals surface area contributed by atoms with Crippen molar-refractivity contribution in [3.05, 3.63) is 64.3 Å². The van der Waals surface area contributed by atoms with E-state index in [2.05, 4.69) is 20.1 Å². The molecule has 2 aromatic heterocycles. The highest BCUT2D eigenvalue weighted by molar-refractivity contribution is 6.35. The van der Waals surface area contributed by atoms with E-state index in [9.17, 15) is 14.7 Å². The molecule has 2 fully saturated rings. The van der Waals surface area contributed by atoms with Crippen LogP contribution < -0.4 is 15.0 Å². The van der Waals surface area contributed by atoms with Crippen LogP contribution in [0.1, 0.15) is 31.7 Å². The number of anilines is 1. The molecule has 2 aliphatic heterocycles. The molecular formula is C31H36Cl2N6O4. The number of halogens is 2. The van der Waals surface area contributed by atoms with Gasteiger partial charge in [0.25, 0.3) is 0 Å². The van der Waals surface area contributed by atoms with Crippen molar-refractivity contribution in [1.82, 2.24) is 25.1 Å². The van der Waals surface area contributed by atoms with E-state index in [0.717, 1.165) is 68.9 Å². The lowest BCUT2D eigenvalue weighted by Crippen LogP contribution is -2.37. The van der Waals surface area contributed by atoms with Crippen LogP contribution in [0.3, 0.4) is 0 Å². The van der Waals surface area contributed by atoms with Gasteiger partial charge in [-0.3, -0.25) is 9.69 Å². The molecule has 0 atom stereocenters. The number of benzene rings is 1. The van der Waals surface area contributed by atoms with Gasteiger partial charge in [0.05, 0.1) is 11.9 Å². The van der Waals surface area contributed by atoms with Crippen molar-refractivity contribution in [2.24, 2.45) is 5.92 Å². The molecule has 2 amide bonds. The van der Waals surface area contributed by atoms with Gasteiger partial charge in [-0.25, -0.2) is 14.8 Å². The Kier molecular flexibility index (Phi) is 10.2. The summed E-state index contributed by atoms with van der Waals surface area (Å²) in [7, 11) is 0. The number of carbonyl (C=O) groups excluding carboxylic acids is 1. The first-order valence-electron chi connectivity index (χ1n) is 14.5. The number of carboxylic acid groups (broad SMARTS) is 1. The summed E-state index contributed by atoms with van der Waals surface area (Å²) in [4.78, 5) is 38.0. The Labute approximate surface area is 261 Å². The first-order valence-corrected chi connectivity index (χ1v) is 15.3. The second-order valence-corrected chi connectivity index (χ2v) is 12.0. The lowest BCUT2D eigenvalue weighted by molar-refractivity contribution is -0.119. The van der Waals surface area contributed by atoms with Crippen molar-refractivity contribution < 1.29 is 19.4 Å². The third-order valence-corrected chi connectivity index (χ3v) is 8.24. The molecule has 43 heavy (non-hydrogen) atoms. The highest BCUT2D eigenvalue weighted by atomic mass is 35.5. The number of nitrogens with one attached hydrogen (secondary N) is 1. The van der Waals surface area contributed by atoms with Gasteiger partial charge >= 0.3 is 6.09 Å². The summed E-state index contributed by atoms with van der Waals surface area (Å²) in [5, 5.41) is 13.3. The van der Waals surface area contributed by atoms with Crippen LogP contribution in [0.4, 0.5) is 10.6 Å². The number of hydrogen-bond donors (Lipinski definition) is 2. The van der Waals surface area contributed by atoms with Gasteiger partial charge in [0.2, 0.25) is 11.8 Å². The van der Waals surface area contributed by atoms with E-state index in [4.69, 9.17) is 32.9 Å². The Morgan fingerprint density at radius 3 is 2.44 bits per heavy atom. The maximum absolute atomic E-state index is 11.4. The van der Waals surface area contributed by atoms with E-state index < -0.39 is 6.09 Å². The van der Waals surface area contributed by atoms with Crippen LogP contribution in [-0.2, 0) is 11.3 Å². The number of amides is 2. The first kappa shape index (κ1) is 30.8. The normalized spacial score (nSPS) is 16.5. The van der Waals surface area contributed by atoms with Gasteiger partial charge in [0, 0.05) is 67.9 Å². The van der Waals surface area contributed by atoms with Crippen molar-refractivity contribution in [1.29, 1.82) is 0 Å². The lowest BCUT2D eigenvalue weighted by Gasteiger charge is -2.32. The summed E-state index contributed by atoms with van der Waals surface area (Å²) >= 11 is 12.6. The Balaban J connectivity index is 1.31. The van der Waals surface area contributed by atoms with Crippen molar-refractivity contribution in [2.75, 3.05) is 50.7 Å². The Hall–Kier alpha value is -3.60. The SMILES string of the molecule is CC(=O)NCC1CCN(Cc2cc(Oc3ccc(N4CCCN(C(=O)O)CC4)nc3)nc(-c3cc(Cl)cc(Cl)c3)c2)CC1. The number of carbonyl (C=O) groups is 2. The van der Waals surface area contributed by atoms with E-state index in [0.29, 0.717) is 52.9 Å². The smallest absolute Gasteiger partial charge is 0.407 e. The molecule has 0 unspecified atom stereocenters. The number of pyridine rings is 2. The van der Waals surface area contributed by atoms with Gasteiger partial charge in [-0.15, -0.1) is 0 Å². The fraction of sp³-hybridized carbons (Fsp3) is 0.419. The van der Waals surface area contributed by atoms with Crippen LogP contribution in [-0.4, -0.2) is 82.7 Å². The number of nitrogens with zero attached hydrogens (tertiary/aromatic N) is 5. The molecule has 5 rings (SSSR count).